The van der Waals surface area contributed by atoms with Crippen LogP contribution in [-0.4, -0.2) is 84.4 Å². The lowest BCUT2D eigenvalue weighted by Crippen LogP contribution is -2.33. The zero-order valence-electron chi connectivity index (χ0n) is 15.8. The number of aliphatic carboxylic acids is 1. The van der Waals surface area contributed by atoms with E-state index in [0.717, 1.165) is 11.8 Å². The Labute approximate surface area is 167 Å². The second kappa shape index (κ2) is 10.5. The first-order valence-electron chi connectivity index (χ1n) is 8.67. The van der Waals surface area contributed by atoms with Crippen molar-refractivity contribution in [3.63, 3.8) is 0 Å². The van der Waals surface area contributed by atoms with Gasteiger partial charge in [-0.15, -0.1) is 11.8 Å². The van der Waals surface area contributed by atoms with Crippen molar-refractivity contribution in [2.75, 3.05) is 52.5 Å². The van der Waals surface area contributed by atoms with Crippen molar-refractivity contribution >= 4 is 22.8 Å². The first kappa shape index (κ1) is 22.3. The maximum absolute atomic E-state index is 11.3. The van der Waals surface area contributed by atoms with Crippen LogP contribution in [0.3, 0.4) is 0 Å². The number of methoxy groups -OCH3 is 1. The Balaban J connectivity index is 1.90. The van der Waals surface area contributed by atoms with E-state index < -0.39 is 11.5 Å². The average Bonchev–Trinajstić information content (AvgIpc) is 3.05. The maximum Gasteiger partial charge on any atom is 0.332 e. The Kier molecular flexibility index (Phi) is 8.36. The van der Waals surface area contributed by atoms with E-state index in [1.165, 1.54) is 19.1 Å². The number of hydrogen-bond donors (Lipinski definition) is 3. The van der Waals surface area contributed by atoms with Gasteiger partial charge in [0.2, 0.25) is 0 Å². The Bertz CT molecular complexity index is 711. The smallest absolute Gasteiger partial charge is 0.332 e. The van der Waals surface area contributed by atoms with Gasteiger partial charge in [0.15, 0.2) is 17.0 Å². The summed E-state index contributed by atoms with van der Waals surface area (Å²) in [5.74, 6) is -1.19. The Morgan fingerprint density at radius 2 is 1.79 bits per heavy atom. The van der Waals surface area contributed by atoms with Gasteiger partial charge in [0.05, 0.1) is 38.6 Å². The van der Waals surface area contributed by atoms with Gasteiger partial charge < -0.3 is 34.3 Å². The van der Waals surface area contributed by atoms with Crippen molar-refractivity contribution in [1.82, 2.24) is 0 Å². The molecule has 1 aliphatic heterocycles. The summed E-state index contributed by atoms with van der Waals surface area (Å²) in [6.07, 6.45) is 0. The first-order chi connectivity index (χ1) is 13.4. The number of carbonyl (C=O) groups is 1. The molecular weight excluding hydrogens is 390 g/mol. The number of aromatic hydroxyl groups is 2. The fraction of sp³-hybridized carbons (Fsp3) is 0.556. The van der Waals surface area contributed by atoms with E-state index in [0.29, 0.717) is 26.4 Å². The summed E-state index contributed by atoms with van der Waals surface area (Å²) < 4.78 is 21.0. The molecule has 0 aliphatic carbocycles. The van der Waals surface area contributed by atoms with Crippen molar-refractivity contribution in [1.29, 1.82) is 0 Å². The van der Waals surface area contributed by atoms with E-state index in [2.05, 4.69) is 4.99 Å². The summed E-state index contributed by atoms with van der Waals surface area (Å²) in [6.45, 7) is 3.83. The molecule has 2 rings (SSSR count). The lowest BCUT2D eigenvalue weighted by molar-refractivity contribution is -0.141. The monoisotopic (exact) mass is 415 g/mol. The van der Waals surface area contributed by atoms with Crippen molar-refractivity contribution in [3.05, 3.63) is 17.7 Å². The van der Waals surface area contributed by atoms with Crippen molar-refractivity contribution < 1.29 is 39.1 Å². The summed E-state index contributed by atoms with van der Waals surface area (Å²) in [7, 11) is 1.60. The summed E-state index contributed by atoms with van der Waals surface area (Å²) in [5.41, 5.74) is -1.23. The minimum Gasteiger partial charge on any atom is -0.507 e. The molecule has 0 saturated carbocycles. The molecule has 0 fully saturated rings. The molecule has 10 heteroatoms. The molecule has 156 valence electrons. The van der Waals surface area contributed by atoms with Crippen LogP contribution in [0, 0.1) is 0 Å². The Morgan fingerprint density at radius 1 is 1.14 bits per heavy atom. The van der Waals surface area contributed by atoms with Crippen LogP contribution in [-0.2, 0) is 19.0 Å². The number of carboxylic acids is 1. The molecule has 9 nitrogen and oxygen atoms in total. The van der Waals surface area contributed by atoms with Crippen LogP contribution in [0.4, 0.5) is 0 Å². The van der Waals surface area contributed by atoms with E-state index in [9.17, 15) is 20.1 Å². The number of benzene rings is 1. The summed E-state index contributed by atoms with van der Waals surface area (Å²) >= 11 is 1.16. The highest BCUT2D eigenvalue weighted by atomic mass is 32.2. The maximum atomic E-state index is 11.3. The molecule has 28 heavy (non-hydrogen) atoms. The van der Waals surface area contributed by atoms with Crippen LogP contribution in [0.1, 0.15) is 12.5 Å². The second-order valence-electron chi connectivity index (χ2n) is 6.16. The van der Waals surface area contributed by atoms with Crippen molar-refractivity contribution in [3.8, 4) is 17.2 Å². The molecule has 0 amide bonds. The molecule has 1 aromatic rings. The summed E-state index contributed by atoms with van der Waals surface area (Å²) in [4.78, 5) is 15.5. The quantitative estimate of drug-likeness (QED) is 0.435. The van der Waals surface area contributed by atoms with E-state index in [1.807, 2.05) is 0 Å². The van der Waals surface area contributed by atoms with Gasteiger partial charge in [-0.2, -0.15) is 0 Å². The topological polar surface area (TPSA) is 127 Å². The van der Waals surface area contributed by atoms with Crippen LogP contribution >= 0.6 is 11.8 Å². The van der Waals surface area contributed by atoms with Gasteiger partial charge >= 0.3 is 5.97 Å². The van der Waals surface area contributed by atoms with Crippen LogP contribution in [0.25, 0.3) is 0 Å². The number of ether oxygens (including phenoxy) is 4. The van der Waals surface area contributed by atoms with Gasteiger partial charge in [-0.1, -0.05) is 0 Å². The number of phenolic OH excluding ortho intramolecular Hbond substituents is 2. The molecule has 1 aromatic carbocycles. The SMILES string of the molecule is COCCOCCOCCOc1ccc(O)c(C2=N[C@@](C)(C(=O)O)CS2)c1O. The molecule has 0 spiro atoms. The summed E-state index contributed by atoms with van der Waals surface area (Å²) in [6, 6.07) is 2.80. The number of thioether (sulfide) groups is 1. The van der Waals surface area contributed by atoms with E-state index in [4.69, 9.17) is 18.9 Å². The second-order valence-corrected chi connectivity index (χ2v) is 7.12. The van der Waals surface area contributed by atoms with Crippen LogP contribution in [0.5, 0.6) is 17.2 Å². The molecule has 0 bridgehead atoms. The number of aliphatic imine (C=N–C) groups is 1. The molecule has 0 radical (unpaired) electrons. The third-order valence-electron chi connectivity index (χ3n) is 3.92. The minimum absolute atomic E-state index is 0.0694. The van der Waals surface area contributed by atoms with Gasteiger partial charge in [-0.3, -0.25) is 4.99 Å². The molecular formula is C18H25NO8S. The Morgan fingerprint density at radius 3 is 2.39 bits per heavy atom. The fourth-order valence-electron chi connectivity index (χ4n) is 2.30. The van der Waals surface area contributed by atoms with Gasteiger partial charge in [-0.05, 0) is 19.1 Å². The molecule has 0 saturated heterocycles. The van der Waals surface area contributed by atoms with Crippen molar-refractivity contribution in [2.45, 2.75) is 12.5 Å². The highest BCUT2D eigenvalue weighted by Crippen LogP contribution is 2.42. The van der Waals surface area contributed by atoms with E-state index in [1.54, 1.807) is 7.11 Å². The van der Waals surface area contributed by atoms with Gasteiger partial charge in [0.25, 0.3) is 0 Å². The predicted molar refractivity (Wildman–Crippen MR) is 104 cm³/mol. The minimum atomic E-state index is -1.30. The van der Waals surface area contributed by atoms with E-state index >= 15 is 0 Å². The van der Waals surface area contributed by atoms with Gasteiger partial charge in [0.1, 0.15) is 17.4 Å². The largest absolute Gasteiger partial charge is 0.507 e. The number of phenols is 2. The normalized spacial score (nSPS) is 18.9. The summed E-state index contributed by atoms with van der Waals surface area (Å²) in [5, 5.41) is 30.1. The number of nitrogens with zero attached hydrogens (tertiary/aromatic N) is 1. The van der Waals surface area contributed by atoms with Crippen LogP contribution < -0.4 is 4.74 Å². The molecule has 1 atom stereocenters. The number of carboxylic acid groups (broad SMARTS) is 1. The molecule has 1 heterocycles. The highest BCUT2D eigenvalue weighted by Gasteiger charge is 2.40. The lowest BCUT2D eigenvalue weighted by Gasteiger charge is -2.13. The molecule has 0 aromatic heterocycles. The molecule has 0 unspecified atom stereocenters. The van der Waals surface area contributed by atoms with Crippen LogP contribution in [0.15, 0.2) is 17.1 Å². The average molecular weight is 415 g/mol. The highest BCUT2D eigenvalue weighted by molar-refractivity contribution is 8.14. The Hall–Kier alpha value is -2.01. The first-order valence-corrected chi connectivity index (χ1v) is 9.66. The third-order valence-corrected chi connectivity index (χ3v) is 5.20. The predicted octanol–water partition coefficient (Wildman–Crippen LogP) is 1.49. The molecule has 3 N–H and O–H groups in total. The zero-order valence-corrected chi connectivity index (χ0v) is 16.7. The van der Waals surface area contributed by atoms with Gasteiger partial charge in [-0.25, -0.2) is 4.79 Å². The fourth-order valence-corrected chi connectivity index (χ4v) is 3.52. The zero-order chi connectivity index (χ0) is 20.6. The van der Waals surface area contributed by atoms with Crippen molar-refractivity contribution in [2.24, 2.45) is 4.99 Å². The number of rotatable bonds is 12. The lowest BCUT2D eigenvalue weighted by atomic mass is 10.1. The van der Waals surface area contributed by atoms with Crippen LogP contribution in [0.2, 0.25) is 0 Å². The van der Waals surface area contributed by atoms with Gasteiger partial charge in [0, 0.05) is 12.9 Å². The number of hydrogen-bond acceptors (Lipinski definition) is 9. The molecule has 1 aliphatic rings. The van der Waals surface area contributed by atoms with E-state index in [-0.39, 0.29) is 46.8 Å². The third kappa shape index (κ3) is 5.74. The standard InChI is InChI=1S/C18H25NO8S/c1-18(17(22)23)11-28-16(19-18)14-12(20)3-4-13(15(14)21)27-10-9-26-8-7-25-6-5-24-2/h3-4,20-21H,5-11H2,1-2H3,(H,22,23)/t18-/m1/s1.